The summed E-state index contributed by atoms with van der Waals surface area (Å²) in [6.07, 6.45) is 5.85. The zero-order valence-corrected chi connectivity index (χ0v) is 10.7. The van der Waals surface area contributed by atoms with Crippen molar-refractivity contribution >= 4 is 5.96 Å². The van der Waals surface area contributed by atoms with Gasteiger partial charge in [0.05, 0.1) is 12.7 Å². The lowest BCUT2D eigenvalue weighted by Gasteiger charge is -2.32. The Kier molecular flexibility index (Phi) is 2.77. The van der Waals surface area contributed by atoms with Gasteiger partial charge in [-0.3, -0.25) is 4.99 Å². The van der Waals surface area contributed by atoms with Crippen LogP contribution in [-0.2, 0) is 4.74 Å². The Morgan fingerprint density at radius 2 is 2.24 bits per heavy atom. The van der Waals surface area contributed by atoms with Crippen LogP contribution >= 0.6 is 0 Å². The maximum Gasteiger partial charge on any atom is 0.191 e. The third-order valence-electron chi connectivity index (χ3n) is 4.46. The zero-order valence-electron chi connectivity index (χ0n) is 10.7. The topological polar surface area (TPSA) is 50.8 Å². The number of hydrogen-bond acceptors (Lipinski definition) is 2. The summed E-state index contributed by atoms with van der Waals surface area (Å²) >= 11 is 0. The molecule has 2 N–H and O–H groups in total. The number of morpholine rings is 1. The van der Waals surface area contributed by atoms with E-state index in [4.69, 9.17) is 10.5 Å². The number of aliphatic imine (C=N–C) groups is 1. The van der Waals surface area contributed by atoms with Crippen LogP contribution in [0.3, 0.4) is 0 Å². The second-order valence-corrected chi connectivity index (χ2v) is 5.94. The molecule has 17 heavy (non-hydrogen) atoms. The molecule has 3 fully saturated rings. The highest BCUT2D eigenvalue weighted by molar-refractivity contribution is 5.78. The van der Waals surface area contributed by atoms with E-state index in [0.29, 0.717) is 5.41 Å². The summed E-state index contributed by atoms with van der Waals surface area (Å²) in [7, 11) is 0. The van der Waals surface area contributed by atoms with Gasteiger partial charge in [-0.25, -0.2) is 0 Å². The van der Waals surface area contributed by atoms with Gasteiger partial charge in [0, 0.05) is 19.6 Å². The van der Waals surface area contributed by atoms with Crippen molar-refractivity contribution < 1.29 is 4.74 Å². The van der Waals surface area contributed by atoms with Gasteiger partial charge in [-0.15, -0.1) is 0 Å². The summed E-state index contributed by atoms with van der Waals surface area (Å²) in [5.74, 6) is 1.69. The van der Waals surface area contributed by atoms with E-state index in [1.165, 1.54) is 25.7 Å². The van der Waals surface area contributed by atoms with Crippen LogP contribution in [0.25, 0.3) is 0 Å². The molecule has 0 spiro atoms. The molecule has 1 atom stereocenters. The van der Waals surface area contributed by atoms with E-state index in [2.05, 4.69) is 16.8 Å². The molecule has 3 aliphatic rings. The largest absolute Gasteiger partial charge is 0.375 e. The van der Waals surface area contributed by atoms with E-state index >= 15 is 0 Å². The maximum atomic E-state index is 6.09. The van der Waals surface area contributed by atoms with E-state index in [-0.39, 0.29) is 6.10 Å². The predicted octanol–water partition coefficient (Wildman–Crippen LogP) is 1.21. The average Bonchev–Trinajstić information content (AvgIpc) is 3.15. The van der Waals surface area contributed by atoms with Crippen LogP contribution in [0.4, 0.5) is 0 Å². The van der Waals surface area contributed by atoms with E-state index in [9.17, 15) is 0 Å². The zero-order chi connectivity index (χ0) is 11.9. The van der Waals surface area contributed by atoms with Crippen LogP contribution in [0, 0.1) is 11.3 Å². The molecule has 1 saturated heterocycles. The van der Waals surface area contributed by atoms with Crippen molar-refractivity contribution in [2.45, 2.75) is 38.7 Å². The maximum absolute atomic E-state index is 6.09. The first-order valence-corrected chi connectivity index (χ1v) is 6.86. The lowest BCUT2D eigenvalue weighted by molar-refractivity contribution is 0.00526. The summed E-state index contributed by atoms with van der Waals surface area (Å²) in [6.45, 7) is 5.58. The minimum Gasteiger partial charge on any atom is -0.375 e. The molecule has 4 heteroatoms. The van der Waals surface area contributed by atoms with Crippen LogP contribution in [0.5, 0.6) is 0 Å². The summed E-state index contributed by atoms with van der Waals surface area (Å²) in [5, 5.41) is 0. The molecule has 0 aromatic carbocycles. The lowest BCUT2D eigenvalue weighted by Crippen LogP contribution is -2.48. The second kappa shape index (κ2) is 4.16. The van der Waals surface area contributed by atoms with E-state index in [1.54, 1.807) is 0 Å². The van der Waals surface area contributed by atoms with Gasteiger partial charge in [0.2, 0.25) is 0 Å². The fraction of sp³-hybridized carbons (Fsp3) is 0.923. The Morgan fingerprint density at radius 1 is 1.47 bits per heavy atom. The quantitative estimate of drug-likeness (QED) is 0.593. The first kappa shape index (κ1) is 11.3. The molecule has 0 radical (unpaired) electrons. The van der Waals surface area contributed by atoms with Crippen molar-refractivity contribution in [3.8, 4) is 0 Å². The van der Waals surface area contributed by atoms with Crippen molar-refractivity contribution in [1.82, 2.24) is 4.90 Å². The lowest BCUT2D eigenvalue weighted by atomic mass is 10.0. The van der Waals surface area contributed by atoms with Gasteiger partial charge in [0.25, 0.3) is 0 Å². The standard InChI is InChI=1S/C13H23N3O/c1-10-8-16(6-7-17-10)12(14)15-9-13(4-5-13)11-2-3-11/h10-11H,2-9H2,1H3,(H2,14,15). The third kappa shape index (κ3) is 2.41. The molecule has 4 nitrogen and oxygen atoms in total. The highest BCUT2D eigenvalue weighted by Crippen LogP contribution is 2.61. The summed E-state index contributed by atoms with van der Waals surface area (Å²) in [5.41, 5.74) is 6.64. The number of hydrogen-bond donors (Lipinski definition) is 1. The molecule has 3 rings (SSSR count). The van der Waals surface area contributed by atoms with Gasteiger partial charge in [-0.2, -0.15) is 0 Å². The van der Waals surface area contributed by atoms with Crippen LogP contribution in [0.2, 0.25) is 0 Å². The van der Waals surface area contributed by atoms with Crippen molar-refractivity contribution in [2.75, 3.05) is 26.2 Å². The molecular weight excluding hydrogens is 214 g/mol. The molecule has 1 aliphatic heterocycles. The van der Waals surface area contributed by atoms with Gasteiger partial charge in [-0.1, -0.05) is 0 Å². The highest BCUT2D eigenvalue weighted by Gasteiger charge is 2.53. The van der Waals surface area contributed by atoms with E-state index < -0.39 is 0 Å². The summed E-state index contributed by atoms with van der Waals surface area (Å²) in [6, 6.07) is 0. The molecule has 0 aromatic heterocycles. The fourth-order valence-corrected chi connectivity index (χ4v) is 2.92. The van der Waals surface area contributed by atoms with Gasteiger partial charge in [0.15, 0.2) is 5.96 Å². The number of nitrogens with two attached hydrogens (primary N) is 1. The van der Waals surface area contributed by atoms with Gasteiger partial charge in [-0.05, 0) is 43.9 Å². The molecule has 1 unspecified atom stereocenters. The number of rotatable bonds is 3. The Balaban J connectivity index is 1.55. The number of nitrogens with zero attached hydrogens (tertiary/aromatic N) is 2. The van der Waals surface area contributed by atoms with Crippen molar-refractivity contribution in [3.63, 3.8) is 0 Å². The SMILES string of the molecule is CC1CN(C(N)=NCC2(C3CC3)CC2)CCO1. The van der Waals surface area contributed by atoms with Gasteiger partial charge in [0.1, 0.15) is 0 Å². The number of guanidine groups is 1. The normalized spacial score (nSPS) is 32.6. The molecule has 0 aromatic rings. The van der Waals surface area contributed by atoms with Crippen LogP contribution < -0.4 is 5.73 Å². The van der Waals surface area contributed by atoms with Crippen molar-refractivity contribution in [2.24, 2.45) is 22.1 Å². The van der Waals surface area contributed by atoms with Crippen LogP contribution in [-0.4, -0.2) is 43.2 Å². The van der Waals surface area contributed by atoms with Crippen LogP contribution in [0.15, 0.2) is 4.99 Å². The number of ether oxygens (including phenoxy) is 1. The fourth-order valence-electron chi connectivity index (χ4n) is 2.92. The first-order valence-electron chi connectivity index (χ1n) is 6.86. The first-order chi connectivity index (χ1) is 8.20. The molecule has 96 valence electrons. The molecular formula is C13H23N3O. The minimum atomic E-state index is 0.274. The highest BCUT2D eigenvalue weighted by atomic mass is 16.5. The predicted molar refractivity (Wildman–Crippen MR) is 67.9 cm³/mol. The summed E-state index contributed by atoms with van der Waals surface area (Å²) < 4.78 is 5.51. The molecule has 1 heterocycles. The average molecular weight is 237 g/mol. The van der Waals surface area contributed by atoms with E-state index in [0.717, 1.165) is 38.1 Å². The van der Waals surface area contributed by atoms with Crippen molar-refractivity contribution in [1.29, 1.82) is 0 Å². The van der Waals surface area contributed by atoms with E-state index in [1.807, 2.05) is 0 Å². The Hall–Kier alpha value is -0.770. The minimum absolute atomic E-state index is 0.274. The molecule has 0 bridgehead atoms. The van der Waals surface area contributed by atoms with Crippen molar-refractivity contribution in [3.05, 3.63) is 0 Å². The van der Waals surface area contributed by atoms with Gasteiger partial charge >= 0.3 is 0 Å². The Labute approximate surface area is 103 Å². The summed E-state index contributed by atoms with van der Waals surface area (Å²) in [4.78, 5) is 6.81. The monoisotopic (exact) mass is 237 g/mol. The Morgan fingerprint density at radius 3 is 2.82 bits per heavy atom. The van der Waals surface area contributed by atoms with Gasteiger partial charge < -0.3 is 15.4 Å². The van der Waals surface area contributed by atoms with Crippen LogP contribution in [0.1, 0.15) is 32.6 Å². The molecule has 0 amide bonds. The smallest absolute Gasteiger partial charge is 0.191 e. The second-order valence-electron chi connectivity index (χ2n) is 5.94. The Bertz CT molecular complexity index is 321. The molecule has 2 saturated carbocycles. The molecule has 2 aliphatic carbocycles. The third-order valence-corrected chi connectivity index (χ3v) is 4.46.